The van der Waals surface area contributed by atoms with Gasteiger partial charge in [0.15, 0.2) is 0 Å². The van der Waals surface area contributed by atoms with E-state index in [9.17, 15) is 14.7 Å². The molecule has 0 bridgehead atoms. The summed E-state index contributed by atoms with van der Waals surface area (Å²) in [6.45, 7) is 0.167. The number of hydrogen-bond donors (Lipinski definition) is 2. The van der Waals surface area contributed by atoms with E-state index in [4.69, 9.17) is 4.74 Å². The summed E-state index contributed by atoms with van der Waals surface area (Å²) in [6, 6.07) is 15.4. The molecule has 1 aliphatic carbocycles. The van der Waals surface area contributed by atoms with Crippen LogP contribution in [0.4, 0.5) is 4.79 Å². The van der Waals surface area contributed by atoms with Crippen LogP contribution in [0, 0.1) is 0 Å². The molecular formula is C22H21N3O4. The number of carboxylic acids is 1. The van der Waals surface area contributed by atoms with E-state index < -0.39 is 18.1 Å². The molecule has 1 amide bonds. The second kappa shape index (κ2) is 7.79. The number of ether oxygens (including phenoxy) is 1. The number of amides is 1. The summed E-state index contributed by atoms with van der Waals surface area (Å²) in [4.78, 5) is 27.8. The van der Waals surface area contributed by atoms with Gasteiger partial charge in [0.2, 0.25) is 0 Å². The van der Waals surface area contributed by atoms with Crippen LogP contribution >= 0.6 is 0 Å². The van der Waals surface area contributed by atoms with Gasteiger partial charge >= 0.3 is 12.1 Å². The number of aromatic nitrogens is 2. The van der Waals surface area contributed by atoms with E-state index >= 15 is 0 Å². The highest BCUT2D eigenvalue weighted by Gasteiger charge is 2.29. The van der Waals surface area contributed by atoms with Crippen molar-refractivity contribution in [3.8, 4) is 11.1 Å². The molecule has 0 radical (unpaired) electrons. The minimum absolute atomic E-state index is 0.0563. The largest absolute Gasteiger partial charge is 0.481 e. The third-order valence-corrected chi connectivity index (χ3v) is 5.18. The molecular weight excluding hydrogens is 370 g/mol. The lowest BCUT2D eigenvalue weighted by molar-refractivity contribution is -0.137. The number of aliphatic carboxylic acids is 1. The SMILES string of the molecule is Cn1ccnc1C(CC(=O)O)NC(=O)OCC1c2ccccc2-c2ccccc21. The molecule has 0 saturated heterocycles. The second-order valence-electron chi connectivity index (χ2n) is 7.02. The van der Waals surface area contributed by atoms with Crippen LogP contribution in [-0.2, 0) is 16.6 Å². The molecule has 148 valence electrons. The minimum Gasteiger partial charge on any atom is -0.481 e. The smallest absolute Gasteiger partial charge is 0.407 e. The Balaban J connectivity index is 1.48. The summed E-state index contributed by atoms with van der Waals surface area (Å²) >= 11 is 0. The first-order chi connectivity index (χ1) is 14.0. The maximum absolute atomic E-state index is 12.5. The molecule has 0 spiro atoms. The number of rotatable bonds is 6. The number of fused-ring (bicyclic) bond motifs is 3. The van der Waals surface area contributed by atoms with Crippen molar-refractivity contribution >= 4 is 12.1 Å². The Kier molecular flexibility index (Phi) is 5.03. The molecule has 7 heteroatoms. The van der Waals surface area contributed by atoms with Gasteiger partial charge in [0.25, 0.3) is 0 Å². The number of benzene rings is 2. The number of nitrogens with one attached hydrogen (secondary N) is 1. The first-order valence-electron chi connectivity index (χ1n) is 9.35. The monoisotopic (exact) mass is 391 g/mol. The van der Waals surface area contributed by atoms with Crippen molar-refractivity contribution in [1.29, 1.82) is 0 Å². The van der Waals surface area contributed by atoms with E-state index in [1.165, 1.54) is 0 Å². The Morgan fingerprint density at radius 1 is 1.14 bits per heavy atom. The van der Waals surface area contributed by atoms with Gasteiger partial charge in [-0.25, -0.2) is 9.78 Å². The zero-order valence-electron chi connectivity index (χ0n) is 15.9. The molecule has 3 aromatic rings. The summed E-state index contributed by atoms with van der Waals surface area (Å²) in [5.74, 6) is -0.628. The molecule has 4 rings (SSSR count). The number of alkyl carbamates (subject to hydrolysis) is 1. The number of carboxylic acid groups (broad SMARTS) is 1. The van der Waals surface area contributed by atoms with Crippen LogP contribution in [0.3, 0.4) is 0 Å². The molecule has 29 heavy (non-hydrogen) atoms. The predicted molar refractivity (Wildman–Crippen MR) is 106 cm³/mol. The Morgan fingerprint density at radius 3 is 2.31 bits per heavy atom. The first-order valence-corrected chi connectivity index (χ1v) is 9.35. The molecule has 2 aromatic carbocycles. The van der Waals surface area contributed by atoms with Gasteiger partial charge in [0.05, 0.1) is 6.42 Å². The van der Waals surface area contributed by atoms with Crippen molar-refractivity contribution in [3.63, 3.8) is 0 Å². The Hall–Kier alpha value is -3.61. The van der Waals surface area contributed by atoms with Gasteiger partial charge in [-0.05, 0) is 22.3 Å². The van der Waals surface area contributed by atoms with Gasteiger partial charge < -0.3 is 19.7 Å². The van der Waals surface area contributed by atoms with Crippen molar-refractivity contribution in [2.75, 3.05) is 6.61 Å². The van der Waals surface area contributed by atoms with Crippen LogP contribution in [0.25, 0.3) is 11.1 Å². The molecule has 0 fully saturated rings. The van der Waals surface area contributed by atoms with Crippen LogP contribution in [0.2, 0.25) is 0 Å². The van der Waals surface area contributed by atoms with E-state index in [1.807, 2.05) is 36.4 Å². The predicted octanol–water partition coefficient (Wildman–Crippen LogP) is 3.47. The van der Waals surface area contributed by atoms with Gasteiger partial charge in [0.1, 0.15) is 18.5 Å². The van der Waals surface area contributed by atoms with Crippen molar-refractivity contribution < 1.29 is 19.4 Å². The van der Waals surface area contributed by atoms with Crippen molar-refractivity contribution in [2.24, 2.45) is 7.05 Å². The molecule has 1 aromatic heterocycles. The summed E-state index contributed by atoms with van der Waals surface area (Å²) in [5, 5.41) is 11.8. The average molecular weight is 391 g/mol. The van der Waals surface area contributed by atoms with E-state index in [-0.39, 0.29) is 18.9 Å². The van der Waals surface area contributed by atoms with Crippen LogP contribution in [0.15, 0.2) is 60.9 Å². The molecule has 1 unspecified atom stereocenters. The van der Waals surface area contributed by atoms with Gasteiger partial charge in [0, 0.05) is 25.4 Å². The quantitative estimate of drug-likeness (QED) is 0.671. The zero-order chi connectivity index (χ0) is 20.4. The number of hydrogen-bond acceptors (Lipinski definition) is 4. The normalized spacial score (nSPS) is 13.4. The van der Waals surface area contributed by atoms with Gasteiger partial charge in [-0.2, -0.15) is 0 Å². The fourth-order valence-corrected chi connectivity index (χ4v) is 3.88. The Labute approximate surface area is 168 Å². The number of imidazole rings is 1. The molecule has 1 aliphatic rings. The number of carbonyl (C=O) groups excluding carboxylic acids is 1. The Bertz CT molecular complexity index is 1010. The second-order valence-corrected chi connectivity index (χ2v) is 7.02. The molecule has 1 heterocycles. The number of aryl methyl sites for hydroxylation is 1. The number of carbonyl (C=O) groups is 2. The van der Waals surface area contributed by atoms with Crippen LogP contribution < -0.4 is 5.32 Å². The molecule has 2 N–H and O–H groups in total. The highest BCUT2D eigenvalue weighted by Crippen LogP contribution is 2.44. The van der Waals surface area contributed by atoms with Gasteiger partial charge in [-0.15, -0.1) is 0 Å². The molecule has 0 aliphatic heterocycles. The van der Waals surface area contributed by atoms with E-state index in [0.29, 0.717) is 5.82 Å². The first kappa shape index (κ1) is 18.7. The molecule has 1 atom stereocenters. The molecule has 7 nitrogen and oxygen atoms in total. The summed E-state index contributed by atoms with van der Waals surface area (Å²) < 4.78 is 7.19. The van der Waals surface area contributed by atoms with Gasteiger partial charge in [-0.1, -0.05) is 48.5 Å². The van der Waals surface area contributed by atoms with E-state index in [0.717, 1.165) is 22.3 Å². The molecule has 0 saturated carbocycles. The lowest BCUT2D eigenvalue weighted by Gasteiger charge is -2.18. The fourth-order valence-electron chi connectivity index (χ4n) is 3.88. The van der Waals surface area contributed by atoms with Crippen LogP contribution in [0.5, 0.6) is 0 Å². The van der Waals surface area contributed by atoms with E-state index in [2.05, 4.69) is 22.4 Å². The van der Waals surface area contributed by atoms with Gasteiger partial charge in [-0.3, -0.25) is 4.79 Å². The highest BCUT2D eigenvalue weighted by atomic mass is 16.5. The maximum Gasteiger partial charge on any atom is 0.407 e. The van der Waals surface area contributed by atoms with Crippen molar-refractivity contribution in [2.45, 2.75) is 18.4 Å². The average Bonchev–Trinajstić information content (AvgIpc) is 3.27. The number of nitrogens with zero attached hydrogens (tertiary/aromatic N) is 2. The van der Waals surface area contributed by atoms with Crippen LogP contribution in [-0.4, -0.2) is 33.3 Å². The lowest BCUT2D eigenvalue weighted by Crippen LogP contribution is -2.33. The van der Waals surface area contributed by atoms with E-state index in [1.54, 1.807) is 24.0 Å². The third-order valence-electron chi connectivity index (χ3n) is 5.18. The van der Waals surface area contributed by atoms with Crippen molar-refractivity contribution in [1.82, 2.24) is 14.9 Å². The standard InChI is InChI=1S/C22H21N3O4/c1-25-11-10-23-21(25)19(12-20(26)27)24-22(28)29-13-18-16-8-4-2-6-14(16)15-7-3-5-9-17(15)18/h2-11,18-19H,12-13H2,1H3,(H,24,28)(H,26,27). The third kappa shape index (κ3) is 3.71. The minimum atomic E-state index is -1.03. The van der Waals surface area contributed by atoms with Crippen LogP contribution in [0.1, 0.15) is 35.3 Å². The zero-order valence-corrected chi connectivity index (χ0v) is 15.9. The lowest BCUT2D eigenvalue weighted by atomic mass is 9.98. The summed E-state index contributed by atoms with van der Waals surface area (Å²) in [7, 11) is 1.75. The summed E-state index contributed by atoms with van der Waals surface area (Å²) in [6.07, 6.45) is 2.31. The topological polar surface area (TPSA) is 93.5 Å². The fraction of sp³-hybridized carbons (Fsp3) is 0.227. The maximum atomic E-state index is 12.5. The summed E-state index contributed by atoms with van der Waals surface area (Å²) in [5.41, 5.74) is 4.53. The van der Waals surface area contributed by atoms with Crippen molar-refractivity contribution in [3.05, 3.63) is 77.9 Å². The Morgan fingerprint density at radius 2 is 1.76 bits per heavy atom. The highest BCUT2D eigenvalue weighted by molar-refractivity contribution is 5.79.